The lowest BCUT2D eigenvalue weighted by Gasteiger charge is -2.41. The van der Waals surface area contributed by atoms with Gasteiger partial charge in [0.05, 0.1) is 12.8 Å². The number of nitrogens with zero attached hydrogens (tertiary/aromatic N) is 4. The topological polar surface area (TPSA) is 48.9 Å². The lowest BCUT2D eigenvalue weighted by molar-refractivity contribution is -0.123. The lowest BCUT2D eigenvalue weighted by Crippen LogP contribution is -2.53. The Morgan fingerprint density at radius 1 is 1.06 bits per heavy atom. The number of rotatable bonds is 7. The van der Waals surface area contributed by atoms with Gasteiger partial charge in [0.15, 0.2) is 0 Å². The van der Waals surface area contributed by atoms with Gasteiger partial charge in [-0.15, -0.1) is 0 Å². The quantitative estimate of drug-likeness (QED) is 0.651. The zero-order valence-corrected chi connectivity index (χ0v) is 19.4. The van der Waals surface area contributed by atoms with Crippen LogP contribution in [0.1, 0.15) is 39.0 Å². The van der Waals surface area contributed by atoms with E-state index in [1.54, 1.807) is 13.3 Å². The predicted molar refractivity (Wildman–Crippen MR) is 129 cm³/mol. The standard InChI is InChI=1S/C26H36N4O2/c1-21(28-16-18-29(19-17-28)23-12-6-7-13-24(23)32-2)20-30(25-14-8-9-15-27-25)26(31)22-10-4-3-5-11-22/h6-9,12-15,21-22H,3-5,10-11,16-20H2,1-2H3/t21-/m0/s1. The van der Waals surface area contributed by atoms with Crippen molar-refractivity contribution in [2.45, 2.75) is 45.1 Å². The van der Waals surface area contributed by atoms with Gasteiger partial charge in [-0.25, -0.2) is 4.98 Å². The van der Waals surface area contributed by atoms with E-state index in [1.807, 2.05) is 35.2 Å². The van der Waals surface area contributed by atoms with Crippen LogP contribution in [0, 0.1) is 5.92 Å². The summed E-state index contributed by atoms with van der Waals surface area (Å²) < 4.78 is 5.55. The van der Waals surface area contributed by atoms with Crippen molar-refractivity contribution in [1.82, 2.24) is 9.88 Å². The van der Waals surface area contributed by atoms with Crippen molar-refractivity contribution >= 4 is 17.4 Å². The number of carbonyl (C=O) groups is 1. The van der Waals surface area contributed by atoms with Crippen LogP contribution in [0.25, 0.3) is 0 Å². The van der Waals surface area contributed by atoms with E-state index in [9.17, 15) is 4.79 Å². The van der Waals surface area contributed by atoms with E-state index in [-0.39, 0.29) is 17.9 Å². The number of benzene rings is 1. The molecule has 4 rings (SSSR count). The van der Waals surface area contributed by atoms with Gasteiger partial charge in [0.1, 0.15) is 11.6 Å². The highest BCUT2D eigenvalue weighted by molar-refractivity contribution is 5.94. The number of aromatic nitrogens is 1. The summed E-state index contributed by atoms with van der Waals surface area (Å²) in [7, 11) is 1.73. The molecule has 2 heterocycles. The van der Waals surface area contributed by atoms with Crippen LogP contribution >= 0.6 is 0 Å². The SMILES string of the molecule is COc1ccccc1N1CCN([C@@H](C)CN(C(=O)C2CCCCC2)c2ccccn2)CC1. The van der Waals surface area contributed by atoms with Gasteiger partial charge in [0, 0.05) is 50.9 Å². The number of hydrogen-bond donors (Lipinski definition) is 0. The van der Waals surface area contributed by atoms with Crippen LogP contribution in [0.4, 0.5) is 11.5 Å². The summed E-state index contributed by atoms with van der Waals surface area (Å²) in [6.45, 7) is 6.75. The minimum atomic E-state index is 0.139. The molecule has 1 atom stereocenters. The molecular formula is C26H36N4O2. The normalized spacial score (nSPS) is 18.9. The Bertz CT molecular complexity index is 861. The van der Waals surface area contributed by atoms with Crippen LogP contribution in [0.3, 0.4) is 0 Å². The molecule has 0 unspecified atom stereocenters. The molecule has 1 aliphatic carbocycles. The van der Waals surface area contributed by atoms with Crippen LogP contribution in [-0.4, -0.2) is 61.7 Å². The second-order valence-electron chi connectivity index (χ2n) is 9.02. The van der Waals surface area contributed by atoms with E-state index < -0.39 is 0 Å². The number of amides is 1. The average Bonchev–Trinajstić information content (AvgIpc) is 2.88. The van der Waals surface area contributed by atoms with Crippen molar-refractivity contribution in [3.63, 3.8) is 0 Å². The van der Waals surface area contributed by atoms with Crippen molar-refractivity contribution in [3.05, 3.63) is 48.7 Å². The molecule has 0 spiro atoms. The Balaban J connectivity index is 1.41. The highest BCUT2D eigenvalue weighted by Crippen LogP contribution is 2.30. The van der Waals surface area contributed by atoms with Gasteiger partial charge < -0.3 is 9.64 Å². The number of methoxy groups -OCH3 is 1. The Kier molecular flexibility index (Phi) is 7.63. The van der Waals surface area contributed by atoms with Gasteiger partial charge in [0.25, 0.3) is 0 Å². The molecule has 6 heteroatoms. The molecule has 172 valence electrons. The van der Waals surface area contributed by atoms with Crippen molar-refractivity contribution in [2.75, 3.05) is 49.6 Å². The van der Waals surface area contributed by atoms with E-state index in [0.29, 0.717) is 6.54 Å². The maximum absolute atomic E-state index is 13.5. The molecule has 2 aromatic rings. The van der Waals surface area contributed by atoms with Crippen LogP contribution in [0.5, 0.6) is 5.75 Å². The number of pyridine rings is 1. The third kappa shape index (κ3) is 5.23. The molecule has 1 aromatic heterocycles. The van der Waals surface area contributed by atoms with E-state index in [4.69, 9.17) is 4.74 Å². The second kappa shape index (κ2) is 10.8. The largest absolute Gasteiger partial charge is 0.495 e. The fraction of sp³-hybridized carbons (Fsp3) is 0.538. The van der Waals surface area contributed by atoms with E-state index in [2.05, 4.69) is 33.8 Å². The highest BCUT2D eigenvalue weighted by Gasteiger charge is 2.31. The third-order valence-electron chi connectivity index (χ3n) is 6.96. The minimum Gasteiger partial charge on any atom is -0.495 e. The maximum atomic E-state index is 13.5. The summed E-state index contributed by atoms with van der Waals surface area (Å²) in [6, 6.07) is 14.3. The monoisotopic (exact) mass is 436 g/mol. The number of anilines is 2. The average molecular weight is 437 g/mol. The molecule has 2 aliphatic rings. The smallest absolute Gasteiger partial charge is 0.231 e. The summed E-state index contributed by atoms with van der Waals surface area (Å²) in [5, 5.41) is 0. The zero-order valence-electron chi connectivity index (χ0n) is 19.4. The first kappa shape index (κ1) is 22.6. The van der Waals surface area contributed by atoms with Gasteiger partial charge >= 0.3 is 0 Å². The highest BCUT2D eigenvalue weighted by atomic mass is 16.5. The van der Waals surface area contributed by atoms with Gasteiger partial charge in [0.2, 0.25) is 5.91 Å². The molecule has 1 saturated carbocycles. The number of piperazine rings is 1. The van der Waals surface area contributed by atoms with E-state index in [0.717, 1.165) is 69.1 Å². The third-order valence-corrected chi connectivity index (χ3v) is 6.96. The van der Waals surface area contributed by atoms with Gasteiger partial charge in [-0.05, 0) is 44.0 Å². The van der Waals surface area contributed by atoms with Gasteiger partial charge in [-0.1, -0.05) is 37.5 Å². The maximum Gasteiger partial charge on any atom is 0.231 e. The van der Waals surface area contributed by atoms with Crippen LogP contribution < -0.4 is 14.5 Å². The number of hydrogen-bond acceptors (Lipinski definition) is 5. The number of ether oxygens (including phenoxy) is 1. The molecule has 6 nitrogen and oxygen atoms in total. The first-order valence-corrected chi connectivity index (χ1v) is 12.0. The van der Waals surface area contributed by atoms with Crippen molar-refractivity contribution in [3.8, 4) is 5.75 Å². The number of para-hydroxylation sites is 2. The summed E-state index contributed by atoms with van der Waals surface area (Å²) in [6.07, 6.45) is 7.37. The first-order chi connectivity index (χ1) is 15.7. The van der Waals surface area contributed by atoms with Crippen molar-refractivity contribution in [2.24, 2.45) is 5.92 Å². The number of carbonyl (C=O) groups excluding carboxylic acids is 1. The Morgan fingerprint density at radius 3 is 2.47 bits per heavy atom. The van der Waals surface area contributed by atoms with Crippen LogP contribution in [-0.2, 0) is 4.79 Å². The molecule has 32 heavy (non-hydrogen) atoms. The van der Waals surface area contributed by atoms with E-state index >= 15 is 0 Å². The van der Waals surface area contributed by atoms with Crippen molar-refractivity contribution < 1.29 is 9.53 Å². The summed E-state index contributed by atoms with van der Waals surface area (Å²) in [4.78, 5) is 24.8. The molecule has 0 radical (unpaired) electrons. The molecular weight excluding hydrogens is 400 g/mol. The Morgan fingerprint density at radius 2 is 1.78 bits per heavy atom. The van der Waals surface area contributed by atoms with E-state index in [1.165, 1.54) is 6.42 Å². The Hall–Kier alpha value is -2.60. The Labute approximate surface area is 192 Å². The molecule has 1 aromatic carbocycles. The minimum absolute atomic E-state index is 0.139. The molecule has 1 aliphatic heterocycles. The van der Waals surface area contributed by atoms with Gasteiger partial charge in [-0.3, -0.25) is 14.6 Å². The fourth-order valence-corrected chi connectivity index (χ4v) is 5.05. The second-order valence-corrected chi connectivity index (χ2v) is 9.02. The summed E-state index contributed by atoms with van der Waals surface area (Å²) in [5.41, 5.74) is 1.16. The van der Waals surface area contributed by atoms with Crippen LogP contribution in [0.2, 0.25) is 0 Å². The zero-order chi connectivity index (χ0) is 22.3. The molecule has 1 saturated heterocycles. The van der Waals surface area contributed by atoms with Gasteiger partial charge in [-0.2, -0.15) is 0 Å². The molecule has 1 amide bonds. The molecule has 0 N–H and O–H groups in total. The van der Waals surface area contributed by atoms with Crippen molar-refractivity contribution in [1.29, 1.82) is 0 Å². The first-order valence-electron chi connectivity index (χ1n) is 12.0. The van der Waals surface area contributed by atoms with Crippen LogP contribution in [0.15, 0.2) is 48.7 Å². The predicted octanol–water partition coefficient (Wildman–Crippen LogP) is 4.21. The molecule has 2 fully saturated rings. The lowest BCUT2D eigenvalue weighted by atomic mass is 9.88. The molecule has 0 bridgehead atoms. The summed E-state index contributed by atoms with van der Waals surface area (Å²) >= 11 is 0. The fourth-order valence-electron chi connectivity index (χ4n) is 5.05. The summed E-state index contributed by atoms with van der Waals surface area (Å²) in [5.74, 6) is 2.10.